The molecule has 260 valence electrons. The second kappa shape index (κ2) is 13.9. The van der Waals surface area contributed by atoms with E-state index in [0.29, 0.717) is 23.5 Å². The Kier molecular flexibility index (Phi) is 9.66. The molecule has 0 spiro atoms. The number of ether oxygens (including phenoxy) is 1. The molecule has 5 heterocycles. The number of halogens is 6. The fourth-order valence-electron chi connectivity index (χ4n) is 5.52. The Morgan fingerprint density at radius 2 is 1.90 bits per heavy atom. The van der Waals surface area contributed by atoms with Gasteiger partial charge in [-0.1, -0.05) is 11.6 Å². The van der Waals surface area contributed by atoms with Crippen LogP contribution in [0.5, 0.6) is 0 Å². The SMILES string of the molecule is O=COC(C(=O)NC1CNC1)N1CCN(C(=O)c2ccc(Nc3nccn4c(-c5cn(CC(F)F)nc5C(F)(F)F)cnc34)cc2Cl)CC1. The lowest BCUT2D eigenvalue weighted by Crippen LogP contribution is -2.62. The first kappa shape index (κ1) is 34.0. The molecule has 0 bridgehead atoms. The highest BCUT2D eigenvalue weighted by Gasteiger charge is 2.39. The highest BCUT2D eigenvalue weighted by atomic mass is 35.5. The molecule has 2 saturated heterocycles. The van der Waals surface area contributed by atoms with E-state index in [4.69, 9.17) is 16.3 Å². The van der Waals surface area contributed by atoms with Crippen LogP contribution in [0.3, 0.4) is 0 Å². The van der Waals surface area contributed by atoms with Crippen molar-refractivity contribution in [1.29, 1.82) is 0 Å². The second-order valence-corrected chi connectivity index (χ2v) is 11.6. The van der Waals surface area contributed by atoms with Crippen molar-refractivity contribution in [1.82, 2.24) is 44.6 Å². The molecule has 2 amide bonds. The smallest absolute Gasteiger partial charge is 0.435 e. The minimum absolute atomic E-state index is 0.0435. The van der Waals surface area contributed by atoms with E-state index in [1.54, 1.807) is 15.9 Å². The summed E-state index contributed by atoms with van der Waals surface area (Å²) in [6, 6.07) is 4.50. The Morgan fingerprint density at radius 1 is 1.14 bits per heavy atom. The van der Waals surface area contributed by atoms with Gasteiger partial charge in [0, 0.05) is 63.5 Å². The van der Waals surface area contributed by atoms with E-state index >= 15 is 0 Å². The minimum Gasteiger partial charge on any atom is -0.439 e. The average molecular weight is 711 g/mol. The number of nitrogens with zero attached hydrogens (tertiary/aromatic N) is 7. The molecule has 2 aliphatic rings. The fourth-order valence-corrected chi connectivity index (χ4v) is 5.78. The third kappa shape index (κ3) is 7.27. The number of imidazole rings is 1. The molecule has 3 N–H and O–H groups in total. The quantitative estimate of drug-likeness (QED) is 0.157. The largest absolute Gasteiger partial charge is 0.439 e. The average Bonchev–Trinajstić information content (AvgIpc) is 3.66. The Morgan fingerprint density at radius 3 is 2.53 bits per heavy atom. The zero-order valence-corrected chi connectivity index (χ0v) is 26.1. The Labute approximate surface area is 279 Å². The number of fused-ring (bicyclic) bond motifs is 1. The number of anilines is 2. The van der Waals surface area contributed by atoms with Crippen molar-refractivity contribution in [2.75, 3.05) is 44.6 Å². The topological polar surface area (TPSA) is 151 Å². The van der Waals surface area contributed by atoms with E-state index in [9.17, 15) is 36.3 Å². The van der Waals surface area contributed by atoms with Crippen molar-refractivity contribution in [2.24, 2.45) is 0 Å². The van der Waals surface area contributed by atoms with Crippen LogP contribution in [0.2, 0.25) is 5.02 Å². The molecule has 2 fully saturated rings. The van der Waals surface area contributed by atoms with Crippen molar-refractivity contribution in [3.8, 4) is 11.3 Å². The maximum absolute atomic E-state index is 13.8. The summed E-state index contributed by atoms with van der Waals surface area (Å²) in [5.74, 6) is -0.661. The number of carbonyl (C=O) groups is 3. The van der Waals surface area contributed by atoms with Gasteiger partial charge in [0.25, 0.3) is 24.7 Å². The Bertz CT molecular complexity index is 1860. The number of benzene rings is 1. The zero-order chi connectivity index (χ0) is 34.9. The number of piperazine rings is 1. The molecule has 1 unspecified atom stereocenters. The van der Waals surface area contributed by atoms with Crippen LogP contribution in [0, 0.1) is 0 Å². The lowest BCUT2D eigenvalue weighted by molar-refractivity contribution is -0.159. The van der Waals surface area contributed by atoms with Crippen molar-refractivity contribution in [3.05, 3.63) is 59.3 Å². The molecule has 1 aromatic carbocycles. The summed E-state index contributed by atoms with van der Waals surface area (Å²) in [6.07, 6.45) is -4.22. The predicted molar refractivity (Wildman–Crippen MR) is 163 cm³/mol. The molecule has 20 heteroatoms. The predicted octanol–water partition coefficient (Wildman–Crippen LogP) is 2.62. The van der Waals surface area contributed by atoms with Gasteiger partial charge in [-0.3, -0.25) is 28.4 Å². The lowest BCUT2D eigenvalue weighted by Gasteiger charge is -2.38. The van der Waals surface area contributed by atoms with Crippen molar-refractivity contribution >= 4 is 47.0 Å². The van der Waals surface area contributed by atoms with Gasteiger partial charge in [0.2, 0.25) is 6.23 Å². The van der Waals surface area contributed by atoms with Crippen LogP contribution < -0.4 is 16.0 Å². The summed E-state index contributed by atoms with van der Waals surface area (Å²) in [5.41, 5.74) is -1.11. The maximum atomic E-state index is 13.8. The van der Waals surface area contributed by atoms with Crippen LogP contribution >= 0.6 is 11.6 Å². The highest BCUT2D eigenvalue weighted by Crippen LogP contribution is 2.37. The molecule has 14 nitrogen and oxygen atoms in total. The van der Waals surface area contributed by atoms with Gasteiger partial charge in [0.05, 0.1) is 34.1 Å². The second-order valence-electron chi connectivity index (χ2n) is 11.2. The molecule has 0 radical (unpaired) electrons. The van der Waals surface area contributed by atoms with Crippen LogP contribution in [0.4, 0.5) is 33.5 Å². The van der Waals surface area contributed by atoms with E-state index in [2.05, 4.69) is 31.0 Å². The van der Waals surface area contributed by atoms with Crippen molar-refractivity contribution < 1.29 is 41.1 Å². The molecule has 6 rings (SSSR count). The molecule has 0 saturated carbocycles. The number of hydrogen-bond acceptors (Lipinski definition) is 10. The zero-order valence-electron chi connectivity index (χ0n) is 25.3. The maximum Gasteiger partial charge on any atom is 0.435 e. The van der Waals surface area contributed by atoms with E-state index in [0.717, 1.165) is 12.4 Å². The van der Waals surface area contributed by atoms with Gasteiger partial charge in [0.15, 0.2) is 17.2 Å². The number of aromatic nitrogens is 5. The molecule has 2 aliphatic heterocycles. The van der Waals surface area contributed by atoms with Crippen LogP contribution in [0.15, 0.2) is 43.0 Å². The summed E-state index contributed by atoms with van der Waals surface area (Å²) in [4.78, 5) is 48.8. The monoisotopic (exact) mass is 710 g/mol. The minimum atomic E-state index is -4.92. The third-order valence-corrected chi connectivity index (χ3v) is 8.30. The van der Waals surface area contributed by atoms with E-state index in [-0.39, 0.29) is 72.3 Å². The van der Waals surface area contributed by atoms with Crippen LogP contribution in [0.25, 0.3) is 16.9 Å². The number of nitrogens with one attached hydrogen (secondary N) is 3. The number of alkyl halides is 5. The molecular weight excluding hydrogens is 683 g/mol. The Hall–Kier alpha value is -4.88. The summed E-state index contributed by atoms with van der Waals surface area (Å²) in [5, 5.41) is 12.3. The van der Waals surface area contributed by atoms with E-state index < -0.39 is 42.5 Å². The first-order valence-corrected chi connectivity index (χ1v) is 15.3. The molecular formula is C29H28ClF5N10O4. The molecule has 1 atom stereocenters. The van der Waals surface area contributed by atoms with Gasteiger partial charge >= 0.3 is 6.18 Å². The third-order valence-electron chi connectivity index (χ3n) is 7.99. The number of rotatable bonds is 11. The summed E-state index contributed by atoms with van der Waals surface area (Å²) < 4.78 is 74.0. The van der Waals surface area contributed by atoms with E-state index in [1.807, 2.05) is 0 Å². The molecule has 3 aromatic heterocycles. The van der Waals surface area contributed by atoms with Gasteiger partial charge in [-0.05, 0) is 18.2 Å². The van der Waals surface area contributed by atoms with Gasteiger partial charge in [0.1, 0.15) is 6.54 Å². The number of carbonyl (C=O) groups excluding carboxylic acids is 3. The first-order chi connectivity index (χ1) is 23.4. The molecule has 0 aliphatic carbocycles. The first-order valence-electron chi connectivity index (χ1n) is 14.9. The van der Waals surface area contributed by atoms with Crippen LogP contribution in [0.1, 0.15) is 16.1 Å². The highest BCUT2D eigenvalue weighted by molar-refractivity contribution is 6.34. The Balaban J connectivity index is 1.15. The van der Waals surface area contributed by atoms with Gasteiger partial charge in [-0.2, -0.15) is 18.3 Å². The standard InChI is InChI=1S/C29H28ClF5N10O4/c30-20-9-16(1-2-18(20)27(48)42-5-7-43(8-6-42)28(49-15-46)26(47)40-17-10-36-11-17)39-24-25-38-12-21(45(25)4-3-37-24)19-13-44(14-22(31)32)41-23(19)29(33,34)35/h1-4,9,12-13,15,17,22,28,36H,5-8,10-11,14H2,(H,37,39)(H,40,47). The molecule has 4 aromatic rings. The molecule has 49 heavy (non-hydrogen) atoms. The lowest BCUT2D eigenvalue weighted by atomic mass is 10.1. The van der Waals surface area contributed by atoms with Crippen molar-refractivity contribution in [3.63, 3.8) is 0 Å². The van der Waals surface area contributed by atoms with Crippen LogP contribution in [-0.4, -0.2) is 110 Å². The van der Waals surface area contributed by atoms with Crippen LogP contribution in [-0.2, 0) is 27.0 Å². The van der Waals surface area contributed by atoms with Gasteiger partial charge < -0.3 is 25.6 Å². The number of amides is 2. The summed E-state index contributed by atoms with van der Waals surface area (Å²) in [7, 11) is 0. The summed E-state index contributed by atoms with van der Waals surface area (Å²) in [6.45, 7) is 1.44. The fraction of sp³-hybridized carbons (Fsp3) is 0.379. The van der Waals surface area contributed by atoms with Crippen molar-refractivity contribution in [2.45, 2.75) is 31.4 Å². The van der Waals surface area contributed by atoms with Gasteiger partial charge in [-0.25, -0.2) is 18.7 Å². The number of hydrogen-bond donors (Lipinski definition) is 3. The van der Waals surface area contributed by atoms with Gasteiger partial charge in [-0.15, -0.1) is 0 Å². The summed E-state index contributed by atoms with van der Waals surface area (Å²) >= 11 is 6.51. The van der Waals surface area contributed by atoms with E-state index in [1.165, 1.54) is 28.9 Å². The normalized spacial score (nSPS) is 16.4.